The Balaban J connectivity index is 2.36. The molecule has 0 spiro atoms. The lowest BCUT2D eigenvalue weighted by atomic mass is 9.76. The van der Waals surface area contributed by atoms with Gasteiger partial charge in [-0.25, -0.2) is 0 Å². The minimum atomic E-state index is -0.540. The number of rotatable bonds is 3. The van der Waals surface area contributed by atoms with Gasteiger partial charge in [-0.1, -0.05) is 56.1 Å². The Morgan fingerprint density at radius 3 is 2.36 bits per heavy atom. The van der Waals surface area contributed by atoms with Crippen LogP contribution in [0, 0.1) is 21.4 Å². The fourth-order valence-corrected chi connectivity index (χ4v) is 2.92. The molecule has 1 aliphatic carbocycles. The highest BCUT2D eigenvalue weighted by molar-refractivity contribution is 6.37. The summed E-state index contributed by atoms with van der Waals surface area (Å²) in [6.07, 6.45) is 6.75. The van der Waals surface area contributed by atoms with E-state index in [0.29, 0.717) is 0 Å². The first-order valence-electron chi connectivity index (χ1n) is 6.88. The summed E-state index contributed by atoms with van der Waals surface area (Å²) in [5, 5.41) is 11.1. The third-order valence-corrected chi connectivity index (χ3v) is 4.13. The summed E-state index contributed by atoms with van der Waals surface area (Å²) in [7, 11) is 0. The molecular weight excluding hydrogens is 325 g/mol. The molecule has 4 nitrogen and oxygen atoms in total. The van der Waals surface area contributed by atoms with Gasteiger partial charge in [0, 0.05) is 18.1 Å². The Bertz CT molecular complexity index is 637. The number of non-ortho nitro benzene ring substituents is 1. The van der Waals surface area contributed by atoms with Crippen molar-refractivity contribution in [3.8, 4) is 5.75 Å². The van der Waals surface area contributed by atoms with E-state index >= 15 is 0 Å². The van der Waals surface area contributed by atoms with Gasteiger partial charge in [0.2, 0.25) is 0 Å². The second kappa shape index (κ2) is 6.31. The van der Waals surface area contributed by atoms with Crippen LogP contribution in [-0.2, 0) is 0 Å². The van der Waals surface area contributed by atoms with Crippen LogP contribution in [0.25, 0.3) is 0 Å². The lowest BCUT2D eigenvalue weighted by Gasteiger charge is -2.33. The molecule has 0 saturated heterocycles. The molecule has 0 amide bonds. The zero-order chi connectivity index (χ0) is 16.5. The van der Waals surface area contributed by atoms with Crippen LogP contribution in [0.3, 0.4) is 0 Å². The number of ether oxygens (including phenoxy) is 1. The van der Waals surface area contributed by atoms with Gasteiger partial charge in [-0.2, -0.15) is 0 Å². The molecule has 0 aromatic heterocycles. The Hall–Kier alpha value is -1.52. The van der Waals surface area contributed by atoms with Crippen LogP contribution in [0.2, 0.25) is 10.0 Å². The summed E-state index contributed by atoms with van der Waals surface area (Å²) >= 11 is 12.2. The molecule has 0 heterocycles. The van der Waals surface area contributed by atoms with Crippen LogP contribution in [0.15, 0.2) is 36.1 Å². The second-order valence-electron chi connectivity index (χ2n) is 6.25. The van der Waals surface area contributed by atoms with Gasteiger partial charge in [-0.05, 0) is 17.9 Å². The van der Waals surface area contributed by atoms with Gasteiger partial charge in [0.25, 0.3) is 5.69 Å². The number of nitro benzene ring substituents is 1. The van der Waals surface area contributed by atoms with E-state index in [4.69, 9.17) is 27.9 Å². The first kappa shape index (κ1) is 16.8. The van der Waals surface area contributed by atoms with Crippen LogP contribution >= 0.6 is 23.2 Å². The van der Waals surface area contributed by atoms with Gasteiger partial charge in [0.15, 0.2) is 5.75 Å². The van der Waals surface area contributed by atoms with Crippen molar-refractivity contribution in [2.45, 2.75) is 27.2 Å². The largest absolute Gasteiger partial charge is 0.458 e. The number of nitro groups is 1. The minimum Gasteiger partial charge on any atom is -0.458 e. The summed E-state index contributed by atoms with van der Waals surface area (Å²) in [5.74, 6) is 1.19. The fraction of sp³-hybridized carbons (Fsp3) is 0.375. The van der Waals surface area contributed by atoms with Crippen molar-refractivity contribution in [1.82, 2.24) is 0 Å². The molecule has 0 aliphatic heterocycles. The van der Waals surface area contributed by atoms with Crippen molar-refractivity contribution in [3.05, 3.63) is 56.3 Å². The minimum absolute atomic E-state index is 0.0102. The van der Waals surface area contributed by atoms with Gasteiger partial charge in [0.05, 0.1) is 15.0 Å². The third-order valence-electron chi connectivity index (χ3n) is 3.57. The molecule has 1 aromatic carbocycles. The van der Waals surface area contributed by atoms with E-state index in [1.165, 1.54) is 12.1 Å². The molecule has 0 fully saturated rings. The predicted octanol–water partition coefficient (Wildman–Crippen LogP) is 5.79. The average molecular weight is 342 g/mol. The van der Waals surface area contributed by atoms with Crippen molar-refractivity contribution in [3.63, 3.8) is 0 Å². The Morgan fingerprint density at radius 2 is 1.86 bits per heavy atom. The highest BCUT2D eigenvalue weighted by Gasteiger charge is 2.31. The van der Waals surface area contributed by atoms with Crippen LogP contribution < -0.4 is 4.74 Å². The van der Waals surface area contributed by atoms with E-state index < -0.39 is 4.92 Å². The molecule has 118 valence electrons. The third kappa shape index (κ3) is 3.62. The van der Waals surface area contributed by atoms with Gasteiger partial charge < -0.3 is 4.74 Å². The van der Waals surface area contributed by atoms with Crippen molar-refractivity contribution < 1.29 is 9.66 Å². The van der Waals surface area contributed by atoms with Crippen LogP contribution in [0.5, 0.6) is 5.75 Å². The van der Waals surface area contributed by atoms with E-state index in [2.05, 4.69) is 26.8 Å². The maximum absolute atomic E-state index is 10.8. The fourth-order valence-electron chi connectivity index (χ4n) is 2.36. The Morgan fingerprint density at radius 1 is 1.27 bits per heavy atom. The van der Waals surface area contributed by atoms with Gasteiger partial charge in [-0.15, -0.1) is 0 Å². The SMILES string of the molecule is CC(C)(C)C1CC=CC=C1Oc1c(Cl)cc([N+](=O)[O-])cc1Cl. The van der Waals surface area contributed by atoms with E-state index in [1.807, 2.05) is 12.2 Å². The van der Waals surface area contributed by atoms with Crippen LogP contribution in [0.4, 0.5) is 5.69 Å². The van der Waals surface area contributed by atoms with Gasteiger partial charge >= 0.3 is 0 Å². The lowest BCUT2D eigenvalue weighted by Crippen LogP contribution is -2.25. The quantitative estimate of drug-likeness (QED) is 0.516. The molecule has 0 bridgehead atoms. The molecule has 1 aromatic rings. The normalized spacial score (nSPS) is 18.0. The second-order valence-corrected chi connectivity index (χ2v) is 7.06. The van der Waals surface area contributed by atoms with Crippen molar-refractivity contribution in [1.29, 1.82) is 0 Å². The molecular formula is C16H17Cl2NO3. The van der Waals surface area contributed by atoms with E-state index in [9.17, 15) is 10.1 Å². The van der Waals surface area contributed by atoms with Gasteiger partial charge in [-0.3, -0.25) is 10.1 Å². The first-order chi connectivity index (χ1) is 10.2. The maximum atomic E-state index is 10.8. The topological polar surface area (TPSA) is 52.4 Å². The maximum Gasteiger partial charge on any atom is 0.272 e. The lowest BCUT2D eigenvalue weighted by molar-refractivity contribution is -0.384. The first-order valence-corrected chi connectivity index (χ1v) is 7.63. The van der Waals surface area contributed by atoms with Crippen LogP contribution in [0.1, 0.15) is 27.2 Å². The molecule has 1 atom stereocenters. The summed E-state index contributed by atoms with van der Waals surface area (Å²) in [6, 6.07) is 2.49. The van der Waals surface area contributed by atoms with E-state index in [-0.39, 0.29) is 32.8 Å². The van der Waals surface area contributed by atoms with Crippen molar-refractivity contribution in [2.24, 2.45) is 11.3 Å². The molecule has 0 radical (unpaired) electrons. The number of nitrogens with zero attached hydrogens (tertiary/aromatic N) is 1. The molecule has 0 N–H and O–H groups in total. The molecule has 1 unspecified atom stereocenters. The zero-order valence-electron chi connectivity index (χ0n) is 12.6. The molecule has 1 aliphatic rings. The monoisotopic (exact) mass is 341 g/mol. The number of benzene rings is 1. The Labute approximate surface area is 139 Å². The summed E-state index contributed by atoms with van der Waals surface area (Å²) < 4.78 is 5.91. The average Bonchev–Trinajstić information content (AvgIpc) is 2.41. The summed E-state index contributed by atoms with van der Waals surface area (Å²) in [6.45, 7) is 6.40. The van der Waals surface area contributed by atoms with Crippen molar-refractivity contribution >= 4 is 28.9 Å². The van der Waals surface area contributed by atoms with Crippen LogP contribution in [-0.4, -0.2) is 4.92 Å². The highest BCUT2D eigenvalue weighted by Crippen LogP contribution is 2.42. The van der Waals surface area contributed by atoms with E-state index in [1.54, 1.807) is 0 Å². The molecule has 22 heavy (non-hydrogen) atoms. The number of allylic oxidation sites excluding steroid dienone is 4. The van der Waals surface area contributed by atoms with Gasteiger partial charge in [0.1, 0.15) is 5.76 Å². The molecule has 6 heteroatoms. The Kier molecular flexibility index (Phi) is 4.83. The number of halogens is 2. The molecule has 0 saturated carbocycles. The smallest absolute Gasteiger partial charge is 0.272 e. The number of hydrogen-bond acceptors (Lipinski definition) is 3. The van der Waals surface area contributed by atoms with E-state index in [0.717, 1.165) is 12.2 Å². The summed E-state index contributed by atoms with van der Waals surface area (Å²) in [5.41, 5.74) is -0.150. The van der Waals surface area contributed by atoms with Crippen molar-refractivity contribution in [2.75, 3.05) is 0 Å². The summed E-state index contributed by atoms with van der Waals surface area (Å²) in [4.78, 5) is 10.3. The standard InChI is InChI=1S/C16H17Cl2NO3/c1-16(2,3)11-6-4-5-7-14(11)22-15-12(17)8-10(19(20)21)9-13(15)18/h4-5,7-9,11H,6H2,1-3H3. The number of hydrogen-bond donors (Lipinski definition) is 0. The zero-order valence-corrected chi connectivity index (χ0v) is 14.1. The highest BCUT2D eigenvalue weighted by atomic mass is 35.5. The molecule has 2 rings (SSSR count). The predicted molar refractivity (Wildman–Crippen MR) is 88.5 cm³/mol.